The third-order valence-corrected chi connectivity index (χ3v) is 3.53. The van der Waals surface area contributed by atoms with Gasteiger partial charge in [-0.2, -0.15) is 0 Å². The lowest BCUT2D eigenvalue weighted by Gasteiger charge is -2.06. The lowest BCUT2D eigenvalue weighted by atomic mass is 10.2. The average molecular weight is 308 g/mol. The molecule has 1 aromatic heterocycles. The minimum Gasteiger partial charge on any atom is -0.493 e. The zero-order valence-electron chi connectivity index (χ0n) is 11.9. The molecule has 0 saturated heterocycles. The number of thioether (sulfide) groups is 1. The van der Waals surface area contributed by atoms with Gasteiger partial charge in [-0.05, 0) is 29.5 Å². The summed E-state index contributed by atoms with van der Waals surface area (Å²) in [5.41, 5.74) is 1.19. The topological polar surface area (TPSA) is 79.1 Å². The van der Waals surface area contributed by atoms with E-state index in [1.165, 1.54) is 29.1 Å². The van der Waals surface area contributed by atoms with E-state index < -0.39 is 0 Å². The number of rotatable bonds is 7. The van der Waals surface area contributed by atoms with E-state index in [1.807, 2.05) is 31.2 Å². The summed E-state index contributed by atoms with van der Waals surface area (Å²) < 4.78 is 11.6. The van der Waals surface area contributed by atoms with Crippen LogP contribution >= 0.6 is 11.8 Å². The molecule has 0 spiro atoms. The zero-order chi connectivity index (χ0) is 15.1. The maximum atomic E-state index is 11.2. The minimum absolute atomic E-state index is 0.00462. The zero-order valence-corrected chi connectivity index (χ0v) is 12.7. The molecule has 2 rings (SSSR count). The quantitative estimate of drug-likeness (QED) is 0.433. The highest BCUT2D eigenvalue weighted by atomic mass is 32.2. The molecule has 21 heavy (non-hydrogen) atoms. The third-order valence-electron chi connectivity index (χ3n) is 2.61. The summed E-state index contributed by atoms with van der Waals surface area (Å²) in [5, 5.41) is 11.7. The fourth-order valence-electron chi connectivity index (χ4n) is 1.51. The summed E-state index contributed by atoms with van der Waals surface area (Å²) in [6.07, 6.45) is 0. The molecular weight excluding hydrogens is 292 g/mol. The number of aromatic nitrogens is 4. The van der Waals surface area contributed by atoms with Crippen LogP contribution in [0, 0.1) is 6.92 Å². The molecule has 0 aliphatic carbocycles. The number of tetrazole rings is 1. The Morgan fingerprint density at radius 2 is 2.10 bits per heavy atom. The third kappa shape index (κ3) is 4.75. The van der Waals surface area contributed by atoms with Crippen molar-refractivity contribution in [1.29, 1.82) is 0 Å². The predicted molar refractivity (Wildman–Crippen MR) is 77.2 cm³/mol. The van der Waals surface area contributed by atoms with Crippen LogP contribution in [0.1, 0.15) is 5.56 Å². The molecule has 0 fully saturated rings. The Balaban J connectivity index is 1.77. The highest BCUT2D eigenvalue weighted by Crippen LogP contribution is 2.15. The van der Waals surface area contributed by atoms with Gasteiger partial charge in [0.25, 0.3) is 0 Å². The second-order valence-corrected chi connectivity index (χ2v) is 5.27. The number of hydrogen-bond donors (Lipinski definition) is 0. The largest absolute Gasteiger partial charge is 0.493 e. The van der Waals surface area contributed by atoms with E-state index in [1.54, 1.807) is 0 Å². The summed E-state index contributed by atoms with van der Waals surface area (Å²) >= 11 is 1.42. The van der Waals surface area contributed by atoms with Crippen molar-refractivity contribution >= 4 is 17.7 Å². The Morgan fingerprint density at radius 3 is 2.81 bits per heavy atom. The Kier molecular flexibility index (Phi) is 5.56. The first-order valence-electron chi connectivity index (χ1n) is 6.34. The van der Waals surface area contributed by atoms with Crippen LogP contribution in [0.5, 0.6) is 5.75 Å². The second-order valence-electron chi connectivity index (χ2n) is 4.21. The number of esters is 1. The number of carbonyl (C=O) groups is 1. The van der Waals surface area contributed by atoms with Gasteiger partial charge in [-0.3, -0.25) is 4.79 Å². The van der Waals surface area contributed by atoms with E-state index in [9.17, 15) is 4.79 Å². The lowest BCUT2D eigenvalue weighted by molar-refractivity contribution is -0.141. The van der Waals surface area contributed by atoms with E-state index in [2.05, 4.69) is 20.3 Å². The molecule has 0 N–H and O–H groups in total. The number of ether oxygens (including phenoxy) is 2. The van der Waals surface area contributed by atoms with Crippen molar-refractivity contribution in [3.05, 3.63) is 29.8 Å². The van der Waals surface area contributed by atoms with Gasteiger partial charge in [0.15, 0.2) is 0 Å². The highest BCUT2D eigenvalue weighted by molar-refractivity contribution is 7.99. The van der Waals surface area contributed by atoms with Gasteiger partial charge in [0, 0.05) is 5.75 Å². The van der Waals surface area contributed by atoms with Crippen molar-refractivity contribution in [3.63, 3.8) is 0 Å². The highest BCUT2D eigenvalue weighted by Gasteiger charge is 2.10. The number of carbonyl (C=O) groups excluding carboxylic acids is 1. The Hall–Kier alpha value is -2.09. The van der Waals surface area contributed by atoms with Crippen LogP contribution in [0.25, 0.3) is 0 Å². The number of aryl methyl sites for hydroxylation is 1. The predicted octanol–water partition coefficient (Wildman–Crippen LogP) is 1.33. The van der Waals surface area contributed by atoms with Crippen LogP contribution in [-0.2, 0) is 16.1 Å². The maximum absolute atomic E-state index is 11.2. The van der Waals surface area contributed by atoms with Crippen LogP contribution in [0.4, 0.5) is 0 Å². The fourth-order valence-corrected chi connectivity index (χ4v) is 2.21. The molecule has 0 amide bonds. The van der Waals surface area contributed by atoms with E-state index >= 15 is 0 Å². The van der Waals surface area contributed by atoms with Crippen molar-refractivity contribution in [2.24, 2.45) is 0 Å². The van der Waals surface area contributed by atoms with Crippen molar-refractivity contribution < 1.29 is 14.3 Å². The van der Waals surface area contributed by atoms with Crippen molar-refractivity contribution in [1.82, 2.24) is 20.2 Å². The molecule has 112 valence electrons. The second kappa shape index (κ2) is 7.63. The first kappa shape index (κ1) is 15.3. The Labute approximate surface area is 126 Å². The molecule has 0 aliphatic heterocycles. The molecule has 0 saturated carbocycles. The van der Waals surface area contributed by atoms with Crippen LogP contribution < -0.4 is 4.74 Å². The van der Waals surface area contributed by atoms with Gasteiger partial charge < -0.3 is 9.47 Å². The lowest BCUT2D eigenvalue weighted by Crippen LogP contribution is -2.14. The molecule has 8 heteroatoms. The first-order valence-corrected chi connectivity index (χ1v) is 7.33. The summed E-state index contributed by atoms with van der Waals surface area (Å²) in [7, 11) is 1.33. The van der Waals surface area contributed by atoms with Gasteiger partial charge in [0.1, 0.15) is 12.3 Å². The van der Waals surface area contributed by atoms with E-state index in [-0.39, 0.29) is 12.5 Å². The van der Waals surface area contributed by atoms with Crippen molar-refractivity contribution in [3.8, 4) is 5.75 Å². The van der Waals surface area contributed by atoms with Crippen LogP contribution in [0.2, 0.25) is 0 Å². The molecule has 2 aromatic rings. The smallest absolute Gasteiger partial charge is 0.327 e. The van der Waals surface area contributed by atoms with Crippen molar-refractivity contribution in [2.45, 2.75) is 18.6 Å². The Bertz CT molecular complexity index is 585. The molecule has 0 bridgehead atoms. The average Bonchev–Trinajstić information content (AvgIpc) is 2.92. The molecule has 1 heterocycles. The maximum Gasteiger partial charge on any atom is 0.327 e. The van der Waals surface area contributed by atoms with Crippen LogP contribution in [0.15, 0.2) is 29.4 Å². The van der Waals surface area contributed by atoms with E-state index in [0.717, 1.165) is 5.75 Å². The normalized spacial score (nSPS) is 10.4. The van der Waals surface area contributed by atoms with E-state index in [4.69, 9.17) is 4.74 Å². The molecule has 0 aliphatic rings. The van der Waals surface area contributed by atoms with Crippen molar-refractivity contribution in [2.75, 3.05) is 19.5 Å². The van der Waals surface area contributed by atoms with Gasteiger partial charge in [-0.25, -0.2) is 4.68 Å². The number of benzene rings is 1. The van der Waals surface area contributed by atoms with Crippen LogP contribution in [-0.4, -0.2) is 45.6 Å². The van der Waals surface area contributed by atoms with Crippen LogP contribution in [0.3, 0.4) is 0 Å². The minimum atomic E-state index is -0.389. The summed E-state index contributed by atoms with van der Waals surface area (Å²) in [6.45, 7) is 2.56. The van der Waals surface area contributed by atoms with Gasteiger partial charge in [-0.15, -0.1) is 5.10 Å². The molecule has 0 atom stereocenters. The van der Waals surface area contributed by atoms with Gasteiger partial charge in [0.05, 0.1) is 13.7 Å². The Morgan fingerprint density at radius 1 is 1.33 bits per heavy atom. The first-order chi connectivity index (χ1) is 10.2. The molecule has 0 unspecified atom stereocenters. The van der Waals surface area contributed by atoms with Gasteiger partial charge >= 0.3 is 5.97 Å². The van der Waals surface area contributed by atoms with Gasteiger partial charge in [-0.1, -0.05) is 29.5 Å². The summed E-state index contributed by atoms with van der Waals surface area (Å²) in [4.78, 5) is 11.2. The van der Waals surface area contributed by atoms with Gasteiger partial charge in [0.2, 0.25) is 5.16 Å². The molecule has 7 nitrogen and oxygen atoms in total. The number of nitrogens with zero attached hydrogens (tertiary/aromatic N) is 4. The SMILES string of the molecule is COC(=O)Cn1nnnc1SCCOc1ccc(C)cc1. The monoisotopic (exact) mass is 308 g/mol. The summed E-state index contributed by atoms with van der Waals surface area (Å²) in [5.74, 6) is 1.12. The number of hydrogen-bond acceptors (Lipinski definition) is 7. The molecule has 1 aromatic carbocycles. The summed E-state index contributed by atoms with van der Waals surface area (Å²) in [6, 6.07) is 7.86. The van der Waals surface area contributed by atoms with E-state index in [0.29, 0.717) is 17.5 Å². The number of methoxy groups -OCH3 is 1. The molecule has 0 radical (unpaired) electrons. The molecular formula is C13H16N4O3S. The standard InChI is InChI=1S/C13H16N4O3S/c1-10-3-5-11(6-4-10)20-7-8-21-13-14-15-16-17(13)9-12(18)19-2/h3-6H,7-9H2,1-2H3. The fraction of sp³-hybridized carbons (Fsp3) is 0.385.